The molecule has 1 heterocycles. The van der Waals surface area contributed by atoms with E-state index in [1.807, 2.05) is 11.8 Å². The van der Waals surface area contributed by atoms with Crippen LogP contribution in [-0.2, 0) is 4.79 Å². The first-order valence-electron chi connectivity index (χ1n) is 6.37. The van der Waals surface area contributed by atoms with Crippen LogP contribution in [0.25, 0.3) is 0 Å². The highest BCUT2D eigenvalue weighted by molar-refractivity contribution is 7.99. The average molecular weight is 259 g/mol. The molecule has 1 atom stereocenters. The largest absolute Gasteiger partial charge is 0.481 e. The molecule has 0 spiro atoms. The summed E-state index contributed by atoms with van der Waals surface area (Å²) in [4.78, 5) is 13.1. The van der Waals surface area contributed by atoms with Gasteiger partial charge in [-0.25, -0.2) is 0 Å². The Bertz CT molecular complexity index is 266. The van der Waals surface area contributed by atoms with Gasteiger partial charge < -0.3 is 5.11 Å². The van der Waals surface area contributed by atoms with Crippen molar-refractivity contribution in [2.45, 2.75) is 52.6 Å². The molecule has 1 saturated heterocycles. The molecule has 1 fully saturated rings. The van der Waals surface area contributed by atoms with Crippen molar-refractivity contribution in [1.82, 2.24) is 4.90 Å². The molecule has 17 heavy (non-hydrogen) atoms. The summed E-state index contributed by atoms with van der Waals surface area (Å²) in [5.74, 6) is 1.66. The van der Waals surface area contributed by atoms with Crippen molar-refractivity contribution < 1.29 is 9.90 Å². The summed E-state index contributed by atoms with van der Waals surface area (Å²) < 4.78 is 0. The summed E-state index contributed by atoms with van der Waals surface area (Å²) in [5.41, 5.74) is 0.379. The molecule has 4 heteroatoms. The lowest BCUT2D eigenvalue weighted by atomic mass is 9.87. The molecule has 1 N–H and O–H groups in total. The molecule has 1 aliphatic rings. The minimum absolute atomic E-state index is 0.250. The Balaban J connectivity index is 2.60. The molecule has 1 rings (SSSR count). The quantitative estimate of drug-likeness (QED) is 0.824. The van der Waals surface area contributed by atoms with Gasteiger partial charge in [0, 0.05) is 24.4 Å². The van der Waals surface area contributed by atoms with E-state index >= 15 is 0 Å². The molecule has 0 aromatic carbocycles. The van der Waals surface area contributed by atoms with Crippen molar-refractivity contribution in [3.05, 3.63) is 0 Å². The Morgan fingerprint density at radius 2 is 2.18 bits per heavy atom. The molecule has 0 bridgehead atoms. The molecular weight excluding hydrogens is 234 g/mol. The minimum Gasteiger partial charge on any atom is -0.481 e. The van der Waals surface area contributed by atoms with Gasteiger partial charge in [0.15, 0.2) is 0 Å². The molecule has 0 aromatic heterocycles. The molecule has 100 valence electrons. The van der Waals surface area contributed by atoms with Crippen LogP contribution in [0.3, 0.4) is 0 Å². The summed E-state index contributed by atoms with van der Waals surface area (Å²) in [7, 11) is 0. The summed E-state index contributed by atoms with van der Waals surface area (Å²) in [5, 5.41) is 8.81. The van der Waals surface area contributed by atoms with Gasteiger partial charge in [-0.3, -0.25) is 9.69 Å². The highest BCUT2D eigenvalue weighted by Gasteiger charge is 2.32. The van der Waals surface area contributed by atoms with Gasteiger partial charge in [-0.15, -0.1) is 0 Å². The zero-order valence-corrected chi connectivity index (χ0v) is 12.2. The predicted molar refractivity (Wildman–Crippen MR) is 73.6 cm³/mol. The number of carbonyl (C=O) groups is 1. The van der Waals surface area contributed by atoms with E-state index in [9.17, 15) is 4.79 Å². The molecule has 0 aromatic rings. The van der Waals surface area contributed by atoms with E-state index < -0.39 is 5.97 Å². The van der Waals surface area contributed by atoms with Crippen LogP contribution in [0.15, 0.2) is 0 Å². The summed E-state index contributed by atoms with van der Waals surface area (Å²) in [6.07, 6.45) is 1.43. The van der Waals surface area contributed by atoms with Crippen LogP contribution in [-0.4, -0.2) is 46.1 Å². The van der Waals surface area contributed by atoms with E-state index in [4.69, 9.17) is 5.11 Å². The number of thioether (sulfide) groups is 1. The first-order chi connectivity index (χ1) is 7.82. The van der Waals surface area contributed by atoms with Crippen LogP contribution in [0.1, 0.15) is 40.5 Å². The van der Waals surface area contributed by atoms with Gasteiger partial charge in [-0.1, -0.05) is 13.8 Å². The molecule has 0 saturated carbocycles. The third kappa shape index (κ3) is 4.88. The van der Waals surface area contributed by atoms with E-state index in [0.717, 1.165) is 5.75 Å². The monoisotopic (exact) mass is 259 g/mol. The second kappa shape index (κ2) is 6.10. The predicted octanol–water partition coefficient (Wildman–Crippen LogP) is 2.70. The number of carboxylic acids is 1. The lowest BCUT2D eigenvalue weighted by Crippen LogP contribution is -2.47. The topological polar surface area (TPSA) is 40.5 Å². The Kier molecular flexibility index (Phi) is 5.32. The highest BCUT2D eigenvalue weighted by Crippen LogP contribution is 2.36. The van der Waals surface area contributed by atoms with Gasteiger partial charge in [0.1, 0.15) is 0 Å². The first-order valence-corrected chi connectivity index (χ1v) is 7.52. The van der Waals surface area contributed by atoms with Crippen molar-refractivity contribution in [3.63, 3.8) is 0 Å². The van der Waals surface area contributed by atoms with E-state index in [-0.39, 0.29) is 6.42 Å². The minimum atomic E-state index is -0.696. The lowest BCUT2D eigenvalue weighted by molar-refractivity contribution is -0.137. The normalized spacial score (nSPS) is 24.2. The van der Waals surface area contributed by atoms with Crippen molar-refractivity contribution in [3.8, 4) is 0 Å². The molecule has 1 unspecified atom stereocenters. The second-order valence-electron chi connectivity index (χ2n) is 6.01. The van der Waals surface area contributed by atoms with Crippen LogP contribution in [0.2, 0.25) is 0 Å². The van der Waals surface area contributed by atoms with E-state index in [0.29, 0.717) is 24.0 Å². The number of nitrogens with zero attached hydrogens (tertiary/aromatic N) is 1. The summed E-state index contributed by atoms with van der Waals surface area (Å²) >= 11 is 2.00. The fourth-order valence-electron chi connectivity index (χ4n) is 2.53. The standard InChI is InChI=1S/C13H25NO2S/c1-10(2)14(6-5-12(15)16)11-7-13(3,4)9-17-8-11/h10-11H,5-9H2,1-4H3,(H,15,16). The van der Waals surface area contributed by atoms with Crippen molar-refractivity contribution in [2.75, 3.05) is 18.1 Å². The van der Waals surface area contributed by atoms with Crippen LogP contribution in [0.5, 0.6) is 0 Å². The van der Waals surface area contributed by atoms with Gasteiger partial charge in [-0.2, -0.15) is 11.8 Å². The smallest absolute Gasteiger partial charge is 0.304 e. The fourth-order valence-corrected chi connectivity index (χ4v) is 3.90. The first kappa shape index (κ1) is 14.8. The Morgan fingerprint density at radius 3 is 2.65 bits per heavy atom. The number of aliphatic carboxylic acids is 1. The van der Waals surface area contributed by atoms with Gasteiger partial charge in [0.2, 0.25) is 0 Å². The number of hydrogen-bond donors (Lipinski definition) is 1. The maximum Gasteiger partial charge on any atom is 0.304 e. The highest BCUT2D eigenvalue weighted by atomic mass is 32.2. The second-order valence-corrected chi connectivity index (χ2v) is 7.04. The van der Waals surface area contributed by atoms with Crippen molar-refractivity contribution in [1.29, 1.82) is 0 Å². The van der Waals surface area contributed by atoms with Crippen molar-refractivity contribution >= 4 is 17.7 Å². The van der Waals surface area contributed by atoms with Gasteiger partial charge in [0.05, 0.1) is 6.42 Å². The number of carboxylic acid groups (broad SMARTS) is 1. The lowest BCUT2D eigenvalue weighted by Gasteiger charge is -2.42. The van der Waals surface area contributed by atoms with Gasteiger partial charge in [0.25, 0.3) is 0 Å². The Hall–Kier alpha value is -0.220. The summed E-state index contributed by atoms with van der Waals surface area (Å²) in [6.45, 7) is 9.61. The Labute approximate surface area is 109 Å². The van der Waals surface area contributed by atoms with E-state index in [1.165, 1.54) is 12.2 Å². The molecule has 0 amide bonds. The van der Waals surface area contributed by atoms with E-state index in [2.05, 4.69) is 32.6 Å². The molecule has 3 nitrogen and oxygen atoms in total. The Morgan fingerprint density at radius 1 is 1.53 bits per heavy atom. The van der Waals surface area contributed by atoms with Crippen LogP contribution >= 0.6 is 11.8 Å². The van der Waals surface area contributed by atoms with Crippen LogP contribution in [0.4, 0.5) is 0 Å². The third-order valence-electron chi connectivity index (χ3n) is 3.31. The van der Waals surface area contributed by atoms with Gasteiger partial charge in [-0.05, 0) is 31.4 Å². The number of hydrogen-bond acceptors (Lipinski definition) is 3. The zero-order valence-electron chi connectivity index (χ0n) is 11.4. The summed E-state index contributed by atoms with van der Waals surface area (Å²) in [6, 6.07) is 0.956. The molecule has 0 radical (unpaired) electrons. The van der Waals surface area contributed by atoms with E-state index in [1.54, 1.807) is 0 Å². The molecule has 1 aliphatic heterocycles. The van der Waals surface area contributed by atoms with Gasteiger partial charge >= 0.3 is 5.97 Å². The third-order valence-corrected chi connectivity index (χ3v) is 4.91. The maximum absolute atomic E-state index is 10.7. The average Bonchev–Trinajstić information content (AvgIpc) is 2.15. The molecular formula is C13H25NO2S. The van der Waals surface area contributed by atoms with Crippen LogP contribution in [0, 0.1) is 5.41 Å². The van der Waals surface area contributed by atoms with Crippen molar-refractivity contribution in [2.24, 2.45) is 5.41 Å². The fraction of sp³-hybridized carbons (Fsp3) is 0.923. The zero-order chi connectivity index (χ0) is 13.1. The van der Waals surface area contributed by atoms with Crippen LogP contribution < -0.4 is 0 Å². The maximum atomic E-state index is 10.7. The molecule has 0 aliphatic carbocycles. The SMILES string of the molecule is CC(C)N(CCC(=O)O)C1CSCC(C)(C)C1. The number of rotatable bonds is 5.